The van der Waals surface area contributed by atoms with Gasteiger partial charge in [0.05, 0.1) is 17.4 Å². The van der Waals surface area contributed by atoms with Crippen LogP contribution >= 0.6 is 0 Å². The molecule has 1 aromatic carbocycles. The Morgan fingerprint density at radius 2 is 2.09 bits per heavy atom. The van der Waals surface area contributed by atoms with E-state index in [1.165, 1.54) is 12.1 Å². The fourth-order valence-corrected chi connectivity index (χ4v) is 3.84. The first-order valence-electron chi connectivity index (χ1n) is 7.41. The van der Waals surface area contributed by atoms with E-state index in [1.54, 1.807) is 0 Å². The molecule has 1 heterocycles. The SMILES string of the molecule is C[C@H]1C[C@H](CNS(=O)(=O)Cc2cccc(C(F)(F)F)c2)CCO1. The summed E-state index contributed by atoms with van der Waals surface area (Å²) < 4.78 is 70.0. The Morgan fingerprint density at radius 3 is 2.74 bits per heavy atom. The highest BCUT2D eigenvalue weighted by molar-refractivity contribution is 7.88. The van der Waals surface area contributed by atoms with Crippen LogP contribution in [0.2, 0.25) is 0 Å². The van der Waals surface area contributed by atoms with E-state index >= 15 is 0 Å². The molecule has 0 aromatic heterocycles. The zero-order valence-electron chi connectivity index (χ0n) is 12.8. The van der Waals surface area contributed by atoms with Crippen molar-refractivity contribution in [3.63, 3.8) is 0 Å². The second kappa shape index (κ2) is 7.19. The highest BCUT2D eigenvalue weighted by atomic mass is 32.2. The number of rotatable bonds is 5. The maximum atomic E-state index is 12.7. The Bertz CT molecular complexity index is 631. The van der Waals surface area contributed by atoms with Crippen molar-refractivity contribution < 1.29 is 26.3 Å². The average Bonchev–Trinajstić information content (AvgIpc) is 2.44. The number of sulfonamides is 1. The molecule has 4 nitrogen and oxygen atoms in total. The summed E-state index contributed by atoms with van der Waals surface area (Å²) in [5.41, 5.74) is -0.726. The summed E-state index contributed by atoms with van der Waals surface area (Å²) in [5.74, 6) is -0.273. The zero-order valence-corrected chi connectivity index (χ0v) is 13.6. The van der Waals surface area contributed by atoms with Gasteiger partial charge in [-0.1, -0.05) is 18.2 Å². The summed E-state index contributed by atoms with van der Waals surface area (Å²) in [4.78, 5) is 0. The predicted octanol–water partition coefficient (Wildman–Crippen LogP) is 2.94. The molecule has 0 radical (unpaired) electrons. The molecule has 0 unspecified atom stereocenters. The summed E-state index contributed by atoms with van der Waals surface area (Å²) in [6, 6.07) is 4.39. The number of benzene rings is 1. The number of alkyl halides is 3. The van der Waals surface area contributed by atoms with Gasteiger partial charge in [-0.3, -0.25) is 0 Å². The minimum Gasteiger partial charge on any atom is -0.378 e. The molecule has 0 saturated carbocycles. The summed E-state index contributed by atoms with van der Waals surface area (Å²) in [6.45, 7) is 2.82. The van der Waals surface area contributed by atoms with Crippen molar-refractivity contribution in [1.29, 1.82) is 0 Å². The van der Waals surface area contributed by atoms with E-state index in [2.05, 4.69) is 4.72 Å². The lowest BCUT2D eigenvalue weighted by atomic mass is 9.97. The van der Waals surface area contributed by atoms with Gasteiger partial charge in [0.25, 0.3) is 0 Å². The minimum atomic E-state index is -4.48. The Balaban J connectivity index is 1.95. The predicted molar refractivity (Wildman–Crippen MR) is 80.2 cm³/mol. The van der Waals surface area contributed by atoms with Gasteiger partial charge in [0.15, 0.2) is 0 Å². The fourth-order valence-electron chi connectivity index (χ4n) is 2.63. The van der Waals surface area contributed by atoms with Crippen LogP contribution in [-0.4, -0.2) is 27.7 Å². The van der Waals surface area contributed by atoms with Gasteiger partial charge >= 0.3 is 6.18 Å². The van der Waals surface area contributed by atoms with Crippen LogP contribution < -0.4 is 4.72 Å². The van der Waals surface area contributed by atoms with Crippen LogP contribution in [0.3, 0.4) is 0 Å². The fraction of sp³-hybridized carbons (Fsp3) is 0.600. The zero-order chi connectivity index (χ0) is 17.1. The van der Waals surface area contributed by atoms with Gasteiger partial charge in [0.1, 0.15) is 0 Å². The molecule has 1 aliphatic rings. The van der Waals surface area contributed by atoms with Crippen molar-refractivity contribution in [2.45, 2.75) is 37.8 Å². The van der Waals surface area contributed by atoms with E-state index < -0.39 is 27.5 Å². The third-order valence-corrected chi connectivity index (χ3v) is 5.12. The lowest BCUT2D eigenvalue weighted by molar-refractivity contribution is -0.137. The smallest absolute Gasteiger partial charge is 0.378 e. The first-order chi connectivity index (χ1) is 10.7. The molecule has 1 N–H and O–H groups in total. The van der Waals surface area contributed by atoms with Crippen LogP contribution in [0.5, 0.6) is 0 Å². The number of halogens is 3. The first-order valence-corrected chi connectivity index (χ1v) is 9.06. The van der Waals surface area contributed by atoms with E-state index in [0.29, 0.717) is 6.61 Å². The van der Waals surface area contributed by atoms with Crippen LogP contribution in [0, 0.1) is 5.92 Å². The van der Waals surface area contributed by atoms with Crippen LogP contribution in [0.15, 0.2) is 24.3 Å². The van der Waals surface area contributed by atoms with E-state index in [-0.39, 0.29) is 24.1 Å². The summed E-state index contributed by atoms with van der Waals surface area (Å²) in [7, 11) is -3.67. The Morgan fingerprint density at radius 1 is 1.35 bits per heavy atom. The summed E-state index contributed by atoms with van der Waals surface area (Å²) in [5, 5.41) is 0. The molecule has 1 aromatic rings. The molecule has 23 heavy (non-hydrogen) atoms. The van der Waals surface area contributed by atoms with E-state index in [9.17, 15) is 21.6 Å². The van der Waals surface area contributed by atoms with Gasteiger partial charge in [0, 0.05) is 13.2 Å². The number of hydrogen-bond donors (Lipinski definition) is 1. The number of hydrogen-bond acceptors (Lipinski definition) is 3. The molecule has 0 spiro atoms. The molecule has 1 fully saturated rings. The minimum absolute atomic E-state index is 0.0988. The Hall–Kier alpha value is -1.12. The quantitative estimate of drug-likeness (QED) is 0.887. The third-order valence-electron chi connectivity index (χ3n) is 3.80. The van der Waals surface area contributed by atoms with Gasteiger partial charge < -0.3 is 4.74 Å². The van der Waals surface area contributed by atoms with Crippen molar-refractivity contribution in [3.05, 3.63) is 35.4 Å². The second-order valence-electron chi connectivity index (χ2n) is 5.88. The van der Waals surface area contributed by atoms with E-state index in [0.717, 1.165) is 25.0 Å². The van der Waals surface area contributed by atoms with E-state index in [1.807, 2.05) is 6.92 Å². The van der Waals surface area contributed by atoms with Gasteiger partial charge in [-0.15, -0.1) is 0 Å². The molecule has 1 aliphatic heterocycles. The maximum Gasteiger partial charge on any atom is 0.416 e. The second-order valence-corrected chi connectivity index (χ2v) is 7.68. The molecule has 0 bridgehead atoms. The van der Waals surface area contributed by atoms with Gasteiger partial charge in [0.2, 0.25) is 10.0 Å². The standard InChI is InChI=1S/C15H20F3NO3S/c1-11-7-12(5-6-22-11)9-19-23(20,21)10-13-3-2-4-14(8-13)15(16,17)18/h2-4,8,11-12,19H,5-7,9-10H2,1H3/t11-,12+/m0/s1. The third kappa shape index (κ3) is 5.78. The molecule has 0 aliphatic carbocycles. The summed E-state index contributed by atoms with van der Waals surface area (Å²) >= 11 is 0. The van der Waals surface area contributed by atoms with Gasteiger partial charge in [-0.25, -0.2) is 13.1 Å². The molecule has 2 rings (SSSR count). The highest BCUT2D eigenvalue weighted by Crippen LogP contribution is 2.29. The van der Waals surface area contributed by atoms with Crippen LogP contribution in [0.4, 0.5) is 13.2 Å². The van der Waals surface area contributed by atoms with Crippen molar-refractivity contribution in [2.75, 3.05) is 13.2 Å². The molecular weight excluding hydrogens is 331 g/mol. The summed E-state index contributed by atoms with van der Waals surface area (Å²) in [6.07, 6.45) is -2.84. The topological polar surface area (TPSA) is 55.4 Å². The monoisotopic (exact) mass is 351 g/mol. The number of ether oxygens (including phenoxy) is 1. The first kappa shape index (κ1) is 18.2. The van der Waals surface area contributed by atoms with Crippen molar-refractivity contribution in [2.24, 2.45) is 5.92 Å². The van der Waals surface area contributed by atoms with Gasteiger partial charge in [-0.2, -0.15) is 13.2 Å². The molecular formula is C15H20F3NO3S. The van der Waals surface area contributed by atoms with Gasteiger partial charge in [-0.05, 0) is 37.3 Å². The van der Waals surface area contributed by atoms with Crippen LogP contribution in [-0.2, 0) is 26.7 Å². The molecule has 1 saturated heterocycles. The Labute approximate surface area is 134 Å². The number of nitrogens with one attached hydrogen (secondary N) is 1. The van der Waals surface area contributed by atoms with Crippen LogP contribution in [0.25, 0.3) is 0 Å². The average molecular weight is 351 g/mol. The Kier molecular flexibility index (Phi) is 5.70. The normalized spacial score (nSPS) is 23.0. The largest absolute Gasteiger partial charge is 0.416 e. The van der Waals surface area contributed by atoms with E-state index in [4.69, 9.17) is 4.74 Å². The highest BCUT2D eigenvalue weighted by Gasteiger charge is 2.30. The lowest BCUT2D eigenvalue weighted by Gasteiger charge is -2.27. The molecule has 0 amide bonds. The molecule has 130 valence electrons. The lowest BCUT2D eigenvalue weighted by Crippen LogP contribution is -2.34. The molecule has 2 atom stereocenters. The van der Waals surface area contributed by atoms with Crippen molar-refractivity contribution in [3.8, 4) is 0 Å². The molecule has 8 heteroatoms. The maximum absolute atomic E-state index is 12.7. The van der Waals surface area contributed by atoms with Crippen molar-refractivity contribution in [1.82, 2.24) is 4.72 Å². The van der Waals surface area contributed by atoms with Crippen molar-refractivity contribution >= 4 is 10.0 Å². The van der Waals surface area contributed by atoms with Crippen LogP contribution in [0.1, 0.15) is 30.9 Å².